The van der Waals surface area contributed by atoms with Gasteiger partial charge in [0.2, 0.25) is 8.32 Å². The van der Waals surface area contributed by atoms with Crippen molar-refractivity contribution in [2.45, 2.75) is 67.6 Å². The normalized spacial score (nSPS) is 18.2. The van der Waals surface area contributed by atoms with Gasteiger partial charge in [-0.15, -0.1) is 0 Å². The van der Waals surface area contributed by atoms with Crippen molar-refractivity contribution in [2.24, 2.45) is 10.8 Å². The first kappa shape index (κ1) is 15.6. The van der Waals surface area contributed by atoms with Crippen LogP contribution in [0.2, 0.25) is 19.6 Å². The Hall–Kier alpha value is -0.503. The average molecular weight is 267 g/mol. The van der Waals surface area contributed by atoms with Gasteiger partial charge >= 0.3 is 0 Å². The van der Waals surface area contributed by atoms with Gasteiger partial charge in [-0.3, -0.25) is 0 Å². The zero-order chi connectivity index (χ0) is 14.4. The molecule has 1 aliphatic rings. The van der Waals surface area contributed by atoms with Crippen LogP contribution >= 0.6 is 0 Å². The van der Waals surface area contributed by atoms with E-state index < -0.39 is 8.32 Å². The standard InChI is InChI=1S/C16H30OSi/c1-15(2,3)12-10-13(16(4,5)6)14(11-12)17-18(7,8)9/h10H,11H2,1-9H3. The fraction of sp³-hybridized carbons (Fsp3) is 0.750. The van der Waals surface area contributed by atoms with Gasteiger partial charge < -0.3 is 4.43 Å². The molecular formula is C16H30OSi. The second-order valence-electron chi connectivity index (χ2n) is 8.40. The monoisotopic (exact) mass is 266 g/mol. The third-order valence-corrected chi connectivity index (χ3v) is 4.03. The maximum atomic E-state index is 6.33. The topological polar surface area (TPSA) is 9.23 Å². The van der Waals surface area contributed by atoms with Gasteiger partial charge in [0.05, 0.1) is 5.76 Å². The Morgan fingerprint density at radius 1 is 0.944 bits per heavy atom. The van der Waals surface area contributed by atoms with Crippen LogP contribution in [0.3, 0.4) is 0 Å². The summed E-state index contributed by atoms with van der Waals surface area (Å²) >= 11 is 0. The summed E-state index contributed by atoms with van der Waals surface area (Å²) in [5.74, 6) is 1.23. The fourth-order valence-electron chi connectivity index (χ4n) is 2.15. The van der Waals surface area contributed by atoms with Crippen LogP contribution in [0.15, 0.2) is 23.0 Å². The lowest BCUT2D eigenvalue weighted by molar-refractivity contribution is 0.376. The van der Waals surface area contributed by atoms with Gasteiger partial charge in [-0.1, -0.05) is 53.2 Å². The fourth-order valence-corrected chi connectivity index (χ4v) is 3.07. The van der Waals surface area contributed by atoms with Crippen LogP contribution in [0.4, 0.5) is 0 Å². The van der Waals surface area contributed by atoms with Crippen LogP contribution < -0.4 is 0 Å². The van der Waals surface area contributed by atoms with Crippen LogP contribution in [0.5, 0.6) is 0 Å². The summed E-state index contributed by atoms with van der Waals surface area (Å²) in [6, 6.07) is 0. The van der Waals surface area contributed by atoms with Crippen molar-refractivity contribution in [3.8, 4) is 0 Å². The summed E-state index contributed by atoms with van der Waals surface area (Å²) in [5, 5.41) is 0. The van der Waals surface area contributed by atoms with Crippen molar-refractivity contribution in [2.75, 3.05) is 0 Å². The van der Waals surface area contributed by atoms with Crippen LogP contribution in [0.25, 0.3) is 0 Å². The minimum Gasteiger partial charge on any atom is -0.547 e. The third kappa shape index (κ3) is 4.01. The molecule has 0 aromatic heterocycles. The first-order valence-corrected chi connectivity index (χ1v) is 10.4. The Kier molecular flexibility index (Phi) is 3.93. The van der Waals surface area contributed by atoms with Gasteiger partial charge in [0.1, 0.15) is 0 Å². The van der Waals surface area contributed by atoms with Crippen molar-refractivity contribution in [1.29, 1.82) is 0 Å². The van der Waals surface area contributed by atoms with Gasteiger partial charge in [-0.05, 0) is 36.0 Å². The SMILES string of the molecule is CC(C)(C)C1=CC(C(C)(C)C)=C(O[Si](C)(C)C)C1. The van der Waals surface area contributed by atoms with Crippen LogP contribution in [0, 0.1) is 10.8 Å². The lowest BCUT2D eigenvalue weighted by Crippen LogP contribution is -2.26. The lowest BCUT2D eigenvalue weighted by atomic mass is 9.84. The predicted molar refractivity (Wildman–Crippen MR) is 83.1 cm³/mol. The molecular weight excluding hydrogens is 236 g/mol. The number of hydrogen-bond donors (Lipinski definition) is 0. The maximum Gasteiger partial charge on any atom is 0.241 e. The summed E-state index contributed by atoms with van der Waals surface area (Å²) in [4.78, 5) is 0. The first-order valence-electron chi connectivity index (χ1n) is 6.94. The Bertz CT molecular complexity index is 381. The highest BCUT2D eigenvalue weighted by molar-refractivity contribution is 6.70. The molecule has 18 heavy (non-hydrogen) atoms. The molecule has 0 aromatic carbocycles. The highest BCUT2D eigenvalue weighted by Crippen LogP contribution is 2.44. The van der Waals surface area contributed by atoms with Crippen molar-refractivity contribution < 1.29 is 4.43 Å². The second kappa shape index (κ2) is 4.55. The Labute approximate surface area is 114 Å². The molecule has 0 aromatic rings. The molecule has 0 spiro atoms. The van der Waals surface area contributed by atoms with E-state index in [1.54, 1.807) is 0 Å². The van der Waals surface area contributed by atoms with E-state index in [4.69, 9.17) is 4.43 Å². The highest BCUT2D eigenvalue weighted by Gasteiger charge is 2.32. The van der Waals surface area contributed by atoms with Gasteiger partial charge in [-0.25, -0.2) is 0 Å². The van der Waals surface area contributed by atoms with E-state index >= 15 is 0 Å². The van der Waals surface area contributed by atoms with E-state index in [0.29, 0.717) is 0 Å². The minimum atomic E-state index is -1.52. The van der Waals surface area contributed by atoms with Gasteiger partial charge in [-0.2, -0.15) is 0 Å². The van der Waals surface area contributed by atoms with E-state index in [0.717, 1.165) is 6.42 Å². The molecule has 1 aliphatic carbocycles. The molecule has 1 rings (SSSR count). The van der Waals surface area contributed by atoms with E-state index in [9.17, 15) is 0 Å². The molecule has 0 amide bonds. The van der Waals surface area contributed by atoms with Crippen molar-refractivity contribution >= 4 is 8.32 Å². The van der Waals surface area contributed by atoms with E-state index in [1.807, 2.05) is 0 Å². The molecule has 0 aliphatic heterocycles. The number of rotatable bonds is 2. The zero-order valence-corrected chi connectivity index (χ0v) is 14.7. The zero-order valence-electron chi connectivity index (χ0n) is 13.7. The summed E-state index contributed by atoms with van der Waals surface area (Å²) in [6.45, 7) is 20.5. The first-order chi connectivity index (χ1) is 7.81. The highest BCUT2D eigenvalue weighted by atomic mass is 28.4. The average Bonchev–Trinajstić information content (AvgIpc) is 2.42. The molecule has 0 unspecified atom stereocenters. The smallest absolute Gasteiger partial charge is 0.241 e. The Balaban J connectivity index is 3.09. The maximum absolute atomic E-state index is 6.33. The molecule has 0 saturated carbocycles. The third-order valence-electron chi connectivity index (χ3n) is 3.17. The molecule has 0 bridgehead atoms. The Morgan fingerprint density at radius 2 is 1.44 bits per heavy atom. The Morgan fingerprint density at radius 3 is 1.78 bits per heavy atom. The predicted octanol–water partition coefficient (Wildman–Crippen LogP) is 5.51. The van der Waals surface area contributed by atoms with Gasteiger partial charge in [0.25, 0.3) is 0 Å². The molecule has 0 radical (unpaired) electrons. The lowest BCUT2D eigenvalue weighted by Gasteiger charge is -2.27. The van der Waals surface area contributed by atoms with E-state index in [-0.39, 0.29) is 10.8 Å². The minimum absolute atomic E-state index is 0.169. The van der Waals surface area contributed by atoms with Crippen molar-refractivity contribution in [3.63, 3.8) is 0 Å². The molecule has 0 atom stereocenters. The number of allylic oxidation sites excluding steroid dienone is 3. The largest absolute Gasteiger partial charge is 0.547 e. The van der Waals surface area contributed by atoms with Gasteiger partial charge in [0.15, 0.2) is 0 Å². The summed E-state index contributed by atoms with van der Waals surface area (Å²) in [5.41, 5.74) is 3.30. The summed E-state index contributed by atoms with van der Waals surface area (Å²) in [6.07, 6.45) is 3.38. The van der Waals surface area contributed by atoms with Crippen LogP contribution in [0.1, 0.15) is 48.0 Å². The second-order valence-corrected chi connectivity index (χ2v) is 12.8. The summed E-state index contributed by atoms with van der Waals surface area (Å²) < 4.78 is 6.33. The molecule has 1 nitrogen and oxygen atoms in total. The molecule has 0 N–H and O–H groups in total. The number of hydrogen-bond acceptors (Lipinski definition) is 1. The molecule has 104 valence electrons. The van der Waals surface area contributed by atoms with E-state index in [2.05, 4.69) is 67.3 Å². The van der Waals surface area contributed by atoms with Crippen LogP contribution in [-0.4, -0.2) is 8.32 Å². The molecule has 0 heterocycles. The molecule has 2 heteroatoms. The molecule has 0 fully saturated rings. The van der Waals surface area contributed by atoms with Crippen molar-refractivity contribution in [3.05, 3.63) is 23.0 Å². The van der Waals surface area contributed by atoms with E-state index in [1.165, 1.54) is 16.9 Å². The van der Waals surface area contributed by atoms with Crippen molar-refractivity contribution in [1.82, 2.24) is 0 Å². The summed E-state index contributed by atoms with van der Waals surface area (Å²) in [7, 11) is -1.52. The molecule has 0 saturated heterocycles. The van der Waals surface area contributed by atoms with Gasteiger partial charge in [0, 0.05) is 6.42 Å². The quantitative estimate of drug-likeness (QED) is 0.598. The van der Waals surface area contributed by atoms with Crippen LogP contribution in [-0.2, 0) is 4.43 Å².